The number of amides is 4. The third kappa shape index (κ3) is 2.92. The predicted octanol–water partition coefficient (Wildman–Crippen LogP) is -0.406. The minimum atomic E-state index is -0.959. The van der Waals surface area contributed by atoms with Crippen LogP contribution in [-0.4, -0.2) is 52.6 Å². The lowest BCUT2D eigenvalue weighted by Gasteiger charge is -2.18. The van der Waals surface area contributed by atoms with Gasteiger partial charge in [-0.05, 0) is 26.7 Å². The van der Waals surface area contributed by atoms with Gasteiger partial charge in [0.1, 0.15) is 12.1 Å². The number of imide groups is 1. The molecule has 1 heterocycles. The first-order valence-electron chi connectivity index (χ1n) is 6.90. The van der Waals surface area contributed by atoms with Gasteiger partial charge < -0.3 is 15.7 Å². The first kappa shape index (κ1) is 14.8. The largest absolute Gasteiger partial charge is 0.393 e. The topological polar surface area (TPSA) is 98.7 Å². The van der Waals surface area contributed by atoms with E-state index >= 15 is 0 Å². The van der Waals surface area contributed by atoms with Crippen LogP contribution in [0, 0.1) is 5.92 Å². The molecule has 1 aliphatic carbocycles. The summed E-state index contributed by atoms with van der Waals surface area (Å²) in [4.78, 5) is 36.2. The molecular weight excluding hydrogens is 262 g/mol. The second kappa shape index (κ2) is 5.40. The van der Waals surface area contributed by atoms with Crippen molar-refractivity contribution in [2.24, 2.45) is 5.92 Å². The standard InChI is InChI=1S/C13H21N3O4/c1-13(2)11(19)16(12(20)15-13)7-10(18)14-6-8-4-3-5-9(8)17/h8-9,17H,3-7H2,1-2H3,(H,14,18)(H,15,20). The van der Waals surface area contributed by atoms with Crippen molar-refractivity contribution in [3.8, 4) is 0 Å². The van der Waals surface area contributed by atoms with Crippen LogP contribution in [0.3, 0.4) is 0 Å². The smallest absolute Gasteiger partial charge is 0.325 e. The monoisotopic (exact) mass is 283 g/mol. The molecule has 0 radical (unpaired) electrons. The summed E-state index contributed by atoms with van der Waals surface area (Å²) in [6.45, 7) is 3.30. The van der Waals surface area contributed by atoms with Crippen LogP contribution in [0.15, 0.2) is 0 Å². The molecule has 0 spiro atoms. The number of carbonyl (C=O) groups excluding carboxylic acids is 3. The Kier molecular flexibility index (Phi) is 3.99. The molecule has 0 aromatic rings. The van der Waals surface area contributed by atoms with E-state index in [2.05, 4.69) is 10.6 Å². The van der Waals surface area contributed by atoms with Crippen molar-refractivity contribution < 1.29 is 19.5 Å². The van der Waals surface area contributed by atoms with Crippen LogP contribution in [0.4, 0.5) is 4.79 Å². The Labute approximate surface area is 117 Å². The normalized spacial score (nSPS) is 28.6. The van der Waals surface area contributed by atoms with E-state index in [9.17, 15) is 19.5 Å². The van der Waals surface area contributed by atoms with Gasteiger partial charge in [-0.25, -0.2) is 4.79 Å². The molecule has 1 saturated carbocycles. The molecule has 2 rings (SSSR count). The average molecular weight is 283 g/mol. The summed E-state index contributed by atoms with van der Waals surface area (Å²) in [5.74, 6) is -0.720. The van der Waals surface area contributed by atoms with E-state index in [4.69, 9.17) is 0 Å². The van der Waals surface area contributed by atoms with Gasteiger partial charge in [0.15, 0.2) is 0 Å². The summed E-state index contributed by atoms with van der Waals surface area (Å²) in [5, 5.41) is 14.9. The highest BCUT2D eigenvalue weighted by Crippen LogP contribution is 2.24. The van der Waals surface area contributed by atoms with Crippen molar-refractivity contribution in [1.29, 1.82) is 0 Å². The Morgan fingerprint density at radius 1 is 1.45 bits per heavy atom. The van der Waals surface area contributed by atoms with Gasteiger partial charge >= 0.3 is 6.03 Å². The Balaban J connectivity index is 1.83. The average Bonchev–Trinajstić information content (AvgIpc) is 2.84. The maximum atomic E-state index is 11.9. The molecule has 20 heavy (non-hydrogen) atoms. The van der Waals surface area contributed by atoms with Crippen LogP contribution in [0.1, 0.15) is 33.1 Å². The Morgan fingerprint density at radius 3 is 2.65 bits per heavy atom. The Hall–Kier alpha value is -1.63. The van der Waals surface area contributed by atoms with Crippen LogP contribution in [0.25, 0.3) is 0 Å². The molecule has 2 aliphatic rings. The quantitative estimate of drug-likeness (QED) is 0.611. The van der Waals surface area contributed by atoms with E-state index in [1.807, 2.05) is 0 Å². The molecule has 2 unspecified atom stereocenters. The summed E-state index contributed by atoms with van der Waals surface area (Å²) in [5.41, 5.74) is -0.959. The second-order valence-corrected chi connectivity index (χ2v) is 6.01. The molecule has 0 bridgehead atoms. The molecule has 2 atom stereocenters. The molecule has 3 N–H and O–H groups in total. The van der Waals surface area contributed by atoms with Crippen molar-refractivity contribution in [3.63, 3.8) is 0 Å². The lowest BCUT2D eigenvalue weighted by atomic mass is 10.1. The SMILES string of the molecule is CC1(C)NC(=O)N(CC(=O)NCC2CCCC2O)C1=O. The molecule has 1 aliphatic heterocycles. The molecule has 112 valence electrons. The molecule has 7 heteroatoms. The van der Waals surface area contributed by atoms with Gasteiger partial charge in [0.25, 0.3) is 5.91 Å². The van der Waals surface area contributed by atoms with E-state index in [0.29, 0.717) is 6.54 Å². The van der Waals surface area contributed by atoms with E-state index < -0.39 is 17.5 Å². The minimum absolute atomic E-state index is 0.0681. The Bertz CT molecular complexity index is 435. The van der Waals surface area contributed by atoms with E-state index in [-0.39, 0.29) is 24.5 Å². The van der Waals surface area contributed by atoms with Crippen LogP contribution >= 0.6 is 0 Å². The highest BCUT2D eigenvalue weighted by atomic mass is 16.3. The van der Waals surface area contributed by atoms with Crippen LogP contribution in [0.5, 0.6) is 0 Å². The Morgan fingerprint density at radius 2 is 2.15 bits per heavy atom. The fraction of sp³-hybridized carbons (Fsp3) is 0.769. The number of hydrogen-bond acceptors (Lipinski definition) is 4. The lowest BCUT2D eigenvalue weighted by Crippen LogP contribution is -2.44. The number of carbonyl (C=O) groups is 3. The predicted molar refractivity (Wildman–Crippen MR) is 70.7 cm³/mol. The summed E-state index contributed by atoms with van der Waals surface area (Å²) in [7, 11) is 0. The first-order valence-corrected chi connectivity index (χ1v) is 6.90. The van der Waals surface area contributed by atoms with Crippen molar-refractivity contribution in [2.45, 2.75) is 44.8 Å². The highest BCUT2D eigenvalue weighted by molar-refractivity contribution is 6.08. The number of nitrogens with one attached hydrogen (secondary N) is 2. The van der Waals surface area contributed by atoms with Crippen molar-refractivity contribution in [1.82, 2.24) is 15.5 Å². The number of hydrogen-bond donors (Lipinski definition) is 3. The number of rotatable bonds is 4. The molecule has 1 saturated heterocycles. The maximum Gasteiger partial charge on any atom is 0.325 e. The molecule has 4 amide bonds. The van der Waals surface area contributed by atoms with Gasteiger partial charge in [0, 0.05) is 12.5 Å². The number of aliphatic hydroxyl groups excluding tert-OH is 1. The van der Waals surface area contributed by atoms with Crippen LogP contribution < -0.4 is 10.6 Å². The van der Waals surface area contributed by atoms with E-state index in [1.54, 1.807) is 13.8 Å². The summed E-state index contributed by atoms with van der Waals surface area (Å²) < 4.78 is 0. The zero-order chi connectivity index (χ0) is 14.9. The van der Waals surface area contributed by atoms with Crippen LogP contribution in [-0.2, 0) is 9.59 Å². The zero-order valence-electron chi connectivity index (χ0n) is 11.8. The highest BCUT2D eigenvalue weighted by Gasteiger charge is 2.44. The zero-order valence-corrected chi connectivity index (χ0v) is 11.8. The molecule has 7 nitrogen and oxygen atoms in total. The van der Waals surface area contributed by atoms with Crippen molar-refractivity contribution in [2.75, 3.05) is 13.1 Å². The number of urea groups is 1. The fourth-order valence-electron chi connectivity index (χ4n) is 2.66. The third-order valence-electron chi connectivity index (χ3n) is 3.93. The van der Waals surface area contributed by atoms with Gasteiger partial charge in [0.2, 0.25) is 5.91 Å². The summed E-state index contributed by atoms with van der Waals surface area (Å²) >= 11 is 0. The lowest BCUT2D eigenvalue weighted by molar-refractivity contribution is -0.134. The minimum Gasteiger partial charge on any atom is -0.393 e. The first-order chi connectivity index (χ1) is 9.31. The fourth-order valence-corrected chi connectivity index (χ4v) is 2.66. The molecule has 0 aromatic heterocycles. The number of aliphatic hydroxyl groups is 1. The molecular formula is C13H21N3O4. The summed E-state index contributed by atoms with van der Waals surface area (Å²) in [6.07, 6.45) is 2.24. The second-order valence-electron chi connectivity index (χ2n) is 6.01. The molecule has 2 fully saturated rings. The maximum absolute atomic E-state index is 11.9. The van der Waals surface area contributed by atoms with Crippen molar-refractivity contribution in [3.05, 3.63) is 0 Å². The third-order valence-corrected chi connectivity index (χ3v) is 3.93. The van der Waals surface area contributed by atoms with E-state index in [1.165, 1.54) is 0 Å². The number of nitrogens with zero attached hydrogens (tertiary/aromatic N) is 1. The van der Waals surface area contributed by atoms with Gasteiger partial charge in [-0.1, -0.05) is 6.42 Å². The van der Waals surface area contributed by atoms with Gasteiger partial charge in [0.05, 0.1) is 6.10 Å². The van der Waals surface area contributed by atoms with Gasteiger partial charge in [-0.2, -0.15) is 0 Å². The van der Waals surface area contributed by atoms with E-state index in [0.717, 1.165) is 24.2 Å². The molecule has 0 aromatic carbocycles. The van der Waals surface area contributed by atoms with Crippen LogP contribution in [0.2, 0.25) is 0 Å². The van der Waals surface area contributed by atoms with Gasteiger partial charge in [-0.15, -0.1) is 0 Å². The van der Waals surface area contributed by atoms with Gasteiger partial charge in [-0.3, -0.25) is 14.5 Å². The summed E-state index contributed by atoms with van der Waals surface area (Å²) in [6, 6.07) is -0.545. The van der Waals surface area contributed by atoms with Crippen molar-refractivity contribution >= 4 is 17.8 Å².